The van der Waals surface area contributed by atoms with Crippen LogP contribution in [-0.2, 0) is 0 Å². The molecule has 0 radical (unpaired) electrons. The molecule has 0 amide bonds. The van der Waals surface area contributed by atoms with Crippen LogP contribution in [0.1, 0.15) is 33.6 Å². The Hall–Kier alpha value is -1.03. The zero-order valence-corrected chi connectivity index (χ0v) is 12.8. The molecule has 2 rings (SSSR count). The average molecular weight is 280 g/mol. The summed E-state index contributed by atoms with van der Waals surface area (Å²) in [5.41, 5.74) is 7.71. The molecular weight excluding hydrogens is 256 g/mol. The van der Waals surface area contributed by atoms with Crippen molar-refractivity contribution in [3.63, 3.8) is 0 Å². The van der Waals surface area contributed by atoms with Crippen LogP contribution in [-0.4, -0.2) is 23.1 Å². The van der Waals surface area contributed by atoms with Gasteiger partial charge in [-0.2, -0.15) is 11.8 Å². The van der Waals surface area contributed by atoms with E-state index in [4.69, 9.17) is 10.5 Å². The van der Waals surface area contributed by atoms with E-state index in [0.29, 0.717) is 4.75 Å². The molecule has 1 aromatic carbocycles. The van der Waals surface area contributed by atoms with Crippen LogP contribution in [0.2, 0.25) is 0 Å². The van der Waals surface area contributed by atoms with Crippen molar-refractivity contribution in [2.24, 2.45) is 0 Å². The molecule has 1 aliphatic heterocycles. The number of hydrogen-bond acceptors (Lipinski definition) is 4. The van der Waals surface area contributed by atoms with Crippen LogP contribution in [0.4, 0.5) is 11.4 Å². The van der Waals surface area contributed by atoms with Gasteiger partial charge in [0.1, 0.15) is 5.75 Å². The number of rotatable bonds is 5. The van der Waals surface area contributed by atoms with Crippen molar-refractivity contribution >= 4 is 23.1 Å². The molecule has 3 nitrogen and oxygen atoms in total. The maximum absolute atomic E-state index is 5.93. The fourth-order valence-electron chi connectivity index (χ4n) is 2.33. The highest BCUT2D eigenvalue weighted by molar-refractivity contribution is 8.00. The van der Waals surface area contributed by atoms with Crippen LogP contribution >= 0.6 is 11.8 Å². The van der Waals surface area contributed by atoms with Crippen molar-refractivity contribution in [2.45, 2.75) is 44.5 Å². The molecule has 1 unspecified atom stereocenters. The second-order valence-electron chi connectivity index (χ2n) is 5.71. The van der Waals surface area contributed by atoms with E-state index in [-0.39, 0.29) is 6.10 Å². The average Bonchev–Trinajstić information content (AvgIpc) is 2.73. The van der Waals surface area contributed by atoms with Crippen LogP contribution < -0.4 is 15.8 Å². The lowest BCUT2D eigenvalue weighted by molar-refractivity contribution is 0.242. The zero-order valence-electron chi connectivity index (χ0n) is 12.0. The Morgan fingerprint density at radius 2 is 2.21 bits per heavy atom. The molecule has 1 heterocycles. The van der Waals surface area contributed by atoms with Crippen LogP contribution in [0, 0.1) is 0 Å². The summed E-state index contributed by atoms with van der Waals surface area (Å²) in [6.07, 6.45) is 2.77. The number of ether oxygens (including phenoxy) is 1. The highest BCUT2D eigenvalue weighted by atomic mass is 32.2. The Morgan fingerprint density at radius 1 is 1.42 bits per heavy atom. The highest BCUT2D eigenvalue weighted by Gasteiger charge is 2.29. The van der Waals surface area contributed by atoms with Crippen molar-refractivity contribution < 1.29 is 4.74 Å². The van der Waals surface area contributed by atoms with Gasteiger partial charge in [0.15, 0.2) is 0 Å². The summed E-state index contributed by atoms with van der Waals surface area (Å²) in [6, 6.07) is 5.87. The van der Waals surface area contributed by atoms with Gasteiger partial charge in [-0.15, -0.1) is 0 Å². The second-order valence-corrected chi connectivity index (χ2v) is 7.40. The van der Waals surface area contributed by atoms with E-state index in [9.17, 15) is 0 Å². The molecule has 1 aliphatic rings. The van der Waals surface area contributed by atoms with Crippen LogP contribution in [0.3, 0.4) is 0 Å². The topological polar surface area (TPSA) is 47.3 Å². The Kier molecular flexibility index (Phi) is 4.50. The third kappa shape index (κ3) is 4.23. The molecule has 1 atom stereocenters. The van der Waals surface area contributed by atoms with Crippen LogP contribution in [0.25, 0.3) is 0 Å². The summed E-state index contributed by atoms with van der Waals surface area (Å²) < 4.78 is 6.06. The Morgan fingerprint density at radius 3 is 2.84 bits per heavy atom. The maximum Gasteiger partial charge on any atom is 0.123 e. The summed E-state index contributed by atoms with van der Waals surface area (Å²) in [5.74, 6) is 2.11. The molecule has 106 valence electrons. The van der Waals surface area contributed by atoms with Crippen molar-refractivity contribution in [1.29, 1.82) is 0 Å². The number of nitrogens with two attached hydrogens (primary N) is 1. The van der Waals surface area contributed by atoms with Gasteiger partial charge in [0.25, 0.3) is 0 Å². The third-order valence-electron chi connectivity index (χ3n) is 3.27. The fraction of sp³-hybridized carbons (Fsp3) is 0.600. The maximum atomic E-state index is 5.93. The van der Waals surface area contributed by atoms with Gasteiger partial charge in [-0.25, -0.2) is 0 Å². The first-order valence-corrected chi connectivity index (χ1v) is 7.90. The molecule has 0 aliphatic carbocycles. The Bertz CT molecular complexity index is 428. The van der Waals surface area contributed by atoms with E-state index in [0.717, 1.165) is 23.7 Å². The summed E-state index contributed by atoms with van der Waals surface area (Å²) in [4.78, 5) is 0. The van der Waals surface area contributed by atoms with Gasteiger partial charge < -0.3 is 15.8 Å². The lowest BCUT2D eigenvalue weighted by Gasteiger charge is -2.24. The normalized spacial score (nSPS) is 22.7. The largest absolute Gasteiger partial charge is 0.491 e. The molecule has 0 aromatic heterocycles. The molecule has 1 saturated heterocycles. The molecular formula is C15H24N2OS. The number of nitrogens with one attached hydrogen (secondary N) is 1. The summed E-state index contributed by atoms with van der Waals surface area (Å²) in [5, 5.41) is 3.50. The van der Waals surface area contributed by atoms with E-state index in [1.165, 1.54) is 18.6 Å². The van der Waals surface area contributed by atoms with Crippen LogP contribution in [0.15, 0.2) is 18.2 Å². The van der Waals surface area contributed by atoms with Crippen LogP contribution in [0.5, 0.6) is 5.75 Å². The first-order chi connectivity index (χ1) is 8.97. The molecule has 0 bridgehead atoms. The second kappa shape index (κ2) is 5.95. The Labute approximate surface area is 120 Å². The van der Waals surface area contributed by atoms with Crippen molar-refractivity contribution in [1.82, 2.24) is 0 Å². The van der Waals surface area contributed by atoms with E-state index >= 15 is 0 Å². The predicted octanol–water partition coefficient (Wildman–Crippen LogP) is 3.75. The molecule has 3 N–H and O–H groups in total. The number of anilines is 2. The minimum atomic E-state index is 0.164. The summed E-state index contributed by atoms with van der Waals surface area (Å²) >= 11 is 2.06. The predicted molar refractivity (Wildman–Crippen MR) is 85.2 cm³/mol. The van der Waals surface area contributed by atoms with E-state index < -0.39 is 0 Å². The van der Waals surface area contributed by atoms with Gasteiger partial charge in [0.2, 0.25) is 0 Å². The lowest BCUT2D eigenvalue weighted by Crippen LogP contribution is -2.27. The zero-order chi connectivity index (χ0) is 13.9. The SMILES string of the molecule is CC(C)Oc1cc(N)cc(NCC2(C)CCCS2)c1. The molecule has 19 heavy (non-hydrogen) atoms. The van der Waals surface area contributed by atoms with E-state index in [2.05, 4.69) is 24.0 Å². The molecule has 0 spiro atoms. The van der Waals surface area contributed by atoms with Gasteiger partial charge in [0, 0.05) is 34.8 Å². The lowest BCUT2D eigenvalue weighted by atomic mass is 10.1. The fourth-order valence-corrected chi connectivity index (χ4v) is 3.57. The number of thioether (sulfide) groups is 1. The summed E-state index contributed by atoms with van der Waals surface area (Å²) in [7, 11) is 0. The monoisotopic (exact) mass is 280 g/mol. The summed E-state index contributed by atoms with van der Waals surface area (Å²) in [6.45, 7) is 7.34. The minimum absolute atomic E-state index is 0.164. The van der Waals surface area contributed by atoms with Gasteiger partial charge in [-0.1, -0.05) is 0 Å². The standard InChI is InChI=1S/C15H24N2OS/c1-11(2)18-14-8-12(16)7-13(9-14)17-10-15(3)5-4-6-19-15/h7-9,11,17H,4-6,10,16H2,1-3H3. The van der Waals surface area contributed by atoms with E-state index in [1.54, 1.807) is 0 Å². The number of hydrogen-bond donors (Lipinski definition) is 2. The molecule has 4 heteroatoms. The minimum Gasteiger partial charge on any atom is -0.491 e. The quantitative estimate of drug-likeness (QED) is 0.806. The molecule has 0 saturated carbocycles. The van der Waals surface area contributed by atoms with Gasteiger partial charge in [-0.3, -0.25) is 0 Å². The highest BCUT2D eigenvalue weighted by Crippen LogP contribution is 2.38. The molecule has 1 aromatic rings. The smallest absolute Gasteiger partial charge is 0.123 e. The van der Waals surface area contributed by atoms with Crippen molar-refractivity contribution in [3.05, 3.63) is 18.2 Å². The van der Waals surface area contributed by atoms with Gasteiger partial charge in [-0.05, 0) is 45.4 Å². The third-order valence-corrected chi connectivity index (χ3v) is 4.81. The van der Waals surface area contributed by atoms with E-state index in [1.807, 2.05) is 32.0 Å². The van der Waals surface area contributed by atoms with Gasteiger partial charge in [0.05, 0.1) is 6.10 Å². The molecule has 1 fully saturated rings. The first kappa shape index (κ1) is 14.4. The first-order valence-electron chi connectivity index (χ1n) is 6.92. The number of benzene rings is 1. The van der Waals surface area contributed by atoms with Crippen molar-refractivity contribution in [3.8, 4) is 5.75 Å². The van der Waals surface area contributed by atoms with Crippen molar-refractivity contribution in [2.75, 3.05) is 23.3 Å². The Balaban J connectivity index is 2.01. The van der Waals surface area contributed by atoms with Gasteiger partial charge >= 0.3 is 0 Å². The number of nitrogen functional groups attached to an aromatic ring is 1.